The monoisotopic (exact) mass is 242 g/mol. The first-order chi connectivity index (χ1) is 8.65. The quantitative estimate of drug-likeness (QED) is 0.755. The summed E-state index contributed by atoms with van der Waals surface area (Å²) < 4.78 is 0. The Morgan fingerprint density at radius 1 is 1.33 bits per heavy atom. The number of benzene rings is 1. The number of aromatic nitrogens is 2. The number of fused-ring (bicyclic) bond motifs is 1. The molecule has 0 fully saturated rings. The van der Waals surface area contributed by atoms with Crippen LogP contribution in [0.5, 0.6) is 0 Å². The average molecular weight is 242 g/mol. The molecule has 5 nitrogen and oxygen atoms in total. The Hall–Kier alpha value is -2.30. The van der Waals surface area contributed by atoms with Crippen LogP contribution in [-0.2, 0) is 4.79 Å². The fourth-order valence-electron chi connectivity index (χ4n) is 2.44. The van der Waals surface area contributed by atoms with Crippen LogP contribution in [0, 0.1) is 13.8 Å². The number of carbonyl (C=O) groups excluding carboxylic acids is 1. The van der Waals surface area contributed by atoms with Gasteiger partial charge in [0.15, 0.2) is 0 Å². The van der Waals surface area contributed by atoms with Gasteiger partial charge >= 0.3 is 0 Å². The van der Waals surface area contributed by atoms with Crippen LogP contribution in [0.25, 0.3) is 0 Å². The number of nitrogens with zero attached hydrogens (tertiary/aromatic N) is 1. The van der Waals surface area contributed by atoms with Crippen molar-refractivity contribution < 1.29 is 4.79 Å². The topological polar surface area (TPSA) is 69.8 Å². The number of carbonyl (C=O) groups is 1. The van der Waals surface area contributed by atoms with Crippen molar-refractivity contribution in [2.24, 2.45) is 0 Å². The molecule has 0 bridgehead atoms. The van der Waals surface area contributed by atoms with E-state index in [4.69, 9.17) is 0 Å². The van der Waals surface area contributed by atoms with Crippen molar-refractivity contribution in [2.75, 3.05) is 10.6 Å². The van der Waals surface area contributed by atoms with E-state index in [-0.39, 0.29) is 11.9 Å². The van der Waals surface area contributed by atoms with Crippen LogP contribution in [0.15, 0.2) is 24.5 Å². The Bertz CT molecular complexity index is 604. The first-order valence-electron chi connectivity index (χ1n) is 5.82. The molecule has 0 radical (unpaired) electrons. The van der Waals surface area contributed by atoms with E-state index >= 15 is 0 Å². The minimum atomic E-state index is -0.349. The van der Waals surface area contributed by atoms with Gasteiger partial charge in [0.25, 0.3) is 5.91 Å². The maximum Gasteiger partial charge on any atom is 0.251 e. The lowest BCUT2D eigenvalue weighted by molar-refractivity contribution is -0.116. The minimum absolute atomic E-state index is 0.0279. The lowest BCUT2D eigenvalue weighted by Gasteiger charge is -2.13. The molecule has 92 valence electrons. The molecular formula is C13H14N4O. The number of H-pyrrole nitrogens is 1. The number of amides is 1. The highest BCUT2D eigenvalue weighted by Crippen LogP contribution is 2.36. The molecule has 1 aromatic heterocycles. The van der Waals surface area contributed by atoms with E-state index in [0.29, 0.717) is 0 Å². The normalized spacial score (nSPS) is 17.4. The Labute approximate surface area is 105 Å². The first kappa shape index (κ1) is 10.8. The molecule has 1 aliphatic heterocycles. The predicted octanol–water partition coefficient (Wildman–Crippen LogP) is 2.13. The smallest absolute Gasteiger partial charge is 0.251 e. The zero-order valence-corrected chi connectivity index (χ0v) is 10.2. The molecule has 18 heavy (non-hydrogen) atoms. The molecule has 2 heterocycles. The summed E-state index contributed by atoms with van der Waals surface area (Å²) in [5, 5.41) is 12.7. The van der Waals surface area contributed by atoms with Crippen molar-refractivity contribution in [1.82, 2.24) is 10.2 Å². The SMILES string of the molecule is Cc1cc(C)c2c(c1)NC(=O)C2Nc1cn[nH]c1. The third kappa shape index (κ3) is 1.64. The summed E-state index contributed by atoms with van der Waals surface area (Å²) in [7, 11) is 0. The number of hydrogen-bond donors (Lipinski definition) is 3. The van der Waals surface area contributed by atoms with Crippen LogP contribution in [0.2, 0.25) is 0 Å². The zero-order chi connectivity index (χ0) is 12.7. The molecule has 0 saturated heterocycles. The van der Waals surface area contributed by atoms with Gasteiger partial charge in [-0.15, -0.1) is 0 Å². The summed E-state index contributed by atoms with van der Waals surface area (Å²) in [6.45, 7) is 4.05. The number of rotatable bonds is 2. The van der Waals surface area contributed by atoms with E-state index in [2.05, 4.69) is 26.9 Å². The van der Waals surface area contributed by atoms with Gasteiger partial charge in [-0.25, -0.2) is 0 Å². The van der Waals surface area contributed by atoms with Gasteiger partial charge in [-0.2, -0.15) is 5.10 Å². The van der Waals surface area contributed by atoms with Crippen LogP contribution < -0.4 is 10.6 Å². The molecule has 2 aromatic rings. The van der Waals surface area contributed by atoms with Gasteiger partial charge < -0.3 is 10.6 Å². The molecule has 0 aliphatic carbocycles. The van der Waals surface area contributed by atoms with Crippen molar-refractivity contribution >= 4 is 17.3 Å². The predicted molar refractivity (Wildman–Crippen MR) is 69.5 cm³/mol. The van der Waals surface area contributed by atoms with Crippen LogP contribution in [0.3, 0.4) is 0 Å². The molecular weight excluding hydrogens is 228 g/mol. The second-order valence-corrected chi connectivity index (χ2v) is 4.60. The standard InChI is InChI=1S/C13H14N4O/c1-7-3-8(2)11-10(4-7)17-13(18)12(11)16-9-5-14-15-6-9/h3-6,12,16H,1-2H3,(H,14,15)(H,17,18). The third-order valence-electron chi connectivity index (χ3n) is 3.15. The third-order valence-corrected chi connectivity index (χ3v) is 3.15. The molecule has 1 aromatic carbocycles. The average Bonchev–Trinajstić information content (AvgIpc) is 2.88. The molecule has 1 atom stereocenters. The second kappa shape index (κ2) is 3.87. The van der Waals surface area contributed by atoms with Crippen LogP contribution in [0.4, 0.5) is 11.4 Å². The summed E-state index contributed by atoms with van der Waals surface area (Å²) in [6.07, 6.45) is 3.39. The van der Waals surface area contributed by atoms with Crippen LogP contribution >= 0.6 is 0 Å². The fourth-order valence-corrected chi connectivity index (χ4v) is 2.44. The molecule has 1 unspecified atom stereocenters. The van der Waals surface area contributed by atoms with E-state index in [1.807, 2.05) is 19.9 Å². The van der Waals surface area contributed by atoms with Crippen molar-refractivity contribution in [3.63, 3.8) is 0 Å². The maximum atomic E-state index is 12.0. The van der Waals surface area contributed by atoms with Gasteiger partial charge in [0.1, 0.15) is 6.04 Å². The lowest BCUT2D eigenvalue weighted by Crippen LogP contribution is -2.19. The summed E-state index contributed by atoms with van der Waals surface area (Å²) >= 11 is 0. The summed E-state index contributed by atoms with van der Waals surface area (Å²) in [5.41, 5.74) is 4.99. The highest BCUT2D eigenvalue weighted by atomic mass is 16.2. The van der Waals surface area contributed by atoms with Gasteiger partial charge in [-0.1, -0.05) is 6.07 Å². The van der Waals surface area contributed by atoms with Gasteiger partial charge in [-0.05, 0) is 31.0 Å². The van der Waals surface area contributed by atoms with E-state index < -0.39 is 0 Å². The number of anilines is 2. The van der Waals surface area contributed by atoms with Crippen molar-refractivity contribution in [1.29, 1.82) is 0 Å². The molecule has 0 spiro atoms. The van der Waals surface area contributed by atoms with Gasteiger partial charge in [0, 0.05) is 17.4 Å². The Kier molecular flexibility index (Phi) is 2.33. The minimum Gasteiger partial charge on any atom is -0.367 e. The summed E-state index contributed by atoms with van der Waals surface area (Å²) in [4.78, 5) is 12.0. The van der Waals surface area contributed by atoms with Crippen molar-refractivity contribution in [3.8, 4) is 0 Å². The maximum absolute atomic E-state index is 12.0. The van der Waals surface area contributed by atoms with E-state index in [0.717, 1.165) is 28.1 Å². The van der Waals surface area contributed by atoms with Crippen molar-refractivity contribution in [2.45, 2.75) is 19.9 Å². The molecule has 5 heteroatoms. The number of aromatic amines is 1. The fraction of sp³-hybridized carbons (Fsp3) is 0.231. The molecule has 0 saturated carbocycles. The number of hydrogen-bond acceptors (Lipinski definition) is 3. The van der Waals surface area contributed by atoms with E-state index in [9.17, 15) is 4.79 Å². The summed E-state index contributed by atoms with van der Waals surface area (Å²) in [5.74, 6) is -0.0279. The second-order valence-electron chi connectivity index (χ2n) is 4.60. The Morgan fingerprint density at radius 2 is 2.17 bits per heavy atom. The number of aryl methyl sites for hydroxylation is 2. The Balaban J connectivity index is 2.01. The highest BCUT2D eigenvalue weighted by Gasteiger charge is 2.32. The molecule has 1 amide bonds. The highest BCUT2D eigenvalue weighted by molar-refractivity contribution is 6.04. The van der Waals surface area contributed by atoms with E-state index in [1.54, 1.807) is 12.4 Å². The van der Waals surface area contributed by atoms with E-state index in [1.165, 1.54) is 0 Å². The molecule has 3 N–H and O–H groups in total. The van der Waals surface area contributed by atoms with Gasteiger partial charge in [0.2, 0.25) is 0 Å². The zero-order valence-electron chi connectivity index (χ0n) is 10.2. The number of nitrogens with one attached hydrogen (secondary N) is 3. The van der Waals surface area contributed by atoms with Crippen molar-refractivity contribution in [3.05, 3.63) is 41.2 Å². The van der Waals surface area contributed by atoms with Gasteiger partial charge in [0.05, 0.1) is 11.9 Å². The van der Waals surface area contributed by atoms with Crippen LogP contribution in [-0.4, -0.2) is 16.1 Å². The largest absolute Gasteiger partial charge is 0.367 e. The molecule has 1 aliphatic rings. The van der Waals surface area contributed by atoms with Crippen LogP contribution in [0.1, 0.15) is 22.7 Å². The first-order valence-corrected chi connectivity index (χ1v) is 5.82. The van der Waals surface area contributed by atoms with Gasteiger partial charge in [-0.3, -0.25) is 9.89 Å². The molecule has 3 rings (SSSR count). The lowest BCUT2D eigenvalue weighted by atomic mass is 10.00. The summed E-state index contributed by atoms with van der Waals surface area (Å²) in [6, 6.07) is 3.73. The Morgan fingerprint density at radius 3 is 2.89 bits per heavy atom.